The Morgan fingerprint density at radius 1 is 0.686 bits per heavy atom. The number of piperazine rings is 1. The summed E-state index contributed by atoms with van der Waals surface area (Å²) in [4.78, 5) is 30.6. The number of fused-ring (bicyclic) bond motifs is 3. The standard InChI is InChI=1S/C27H24N8/c1-34-10-12-35(13-11-34)18-7-9-22-24(15-18)32-26(30-22)17-6-8-21-23(14-17)33-27(31-21)25-16-28-19-4-2-3-5-20(19)29-25/h2-9,14-16H,10-13H2,1H3,(H,30,32)(H,31,33). The Morgan fingerprint density at radius 2 is 1.40 bits per heavy atom. The molecule has 1 aliphatic heterocycles. The Bertz CT molecular complexity index is 1690. The number of aromatic nitrogens is 6. The van der Waals surface area contributed by atoms with E-state index in [-0.39, 0.29) is 0 Å². The van der Waals surface area contributed by atoms with E-state index in [1.54, 1.807) is 6.20 Å². The van der Waals surface area contributed by atoms with Crippen molar-refractivity contribution in [2.75, 3.05) is 38.1 Å². The molecule has 3 aromatic heterocycles. The summed E-state index contributed by atoms with van der Waals surface area (Å²) in [7, 11) is 2.18. The second kappa shape index (κ2) is 7.89. The molecule has 0 radical (unpaired) electrons. The van der Waals surface area contributed by atoms with E-state index < -0.39 is 0 Å². The lowest BCUT2D eigenvalue weighted by molar-refractivity contribution is 0.313. The predicted octanol–water partition coefficient (Wildman–Crippen LogP) is 4.47. The van der Waals surface area contributed by atoms with Crippen LogP contribution in [0, 0.1) is 0 Å². The third-order valence-corrected chi connectivity index (χ3v) is 6.78. The summed E-state index contributed by atoms with van der Waals surface area (Å²) in [5.74, 6) is 1.55. The highest BCUT2D eigenvalue weighted by Gasteiger charge is 2.16. The number of para-hydroxylation sites is 2. The molecule has 6 aromatic rings. The fourth-order valence-electron chi connectivity index (χ4n) is 4.75. The van der Waals surface area contributed by atoms with Gasteiger partial charge in [0.05, 0.1) is 39.3 Å². The van der Waals surface area contributed by atoms with Crippen LogP contribution in [0.5, 0.6) is 0 Å². The van der Waals surface area contributed by atoms with Crippen molar-refractivity contribution in [3.8, 4) is 22.9 Å². The highest BCUT2D eigenvalue weighted by molar-refractivity contribution is 5.87. The highest BCUT2D eigenvalue weighted by Crippen LogP contribution is 2.28. The van der Waals surface area contributed by atoms with Crippen LogP contribution < -0.4 is 4.90 Å². The van der Waals surface area contributed by atoms with Crippen molar-refractivity contribution in [1.82, 2.24) is 34.8 Å². The molecule has 7 rings (SSSR count). The minimum atomic E-state index is 0.705. The summed E-state index contributed by atoms with van der Waals surface area (Å²) in [5, 5.41) is 0. The average Bonchev–Trinajstić information content (AvgIpc) is 3.52. The van der Waals surface area contributed by atoms with Crippen LogP contribution in [0.3, 0.4) is 0 Å². The van der Waals surface area contributed by atoms with E-state index in [1.165, 1.54) is 5.69 Å². The quantitative estimate of drug-likeness (QED) is 0.405. The zero-order valence-corrected chi connectivity index (χ0v) is 19.4. The van der Waals surface area contributed by atoms with Crippen LogP contribution in [0.2, 0.25) is 0 Å². The Balaban J connectivity index is 1.22. The van der Waals surface area contributed by atoms with Gasteiger partial charge in [0.25, 0.3) is 0 Å². The molecule has 1 saturated heterocycles. The maximum atomic E-state index is 4.85. The first-order valence-electron chi connectivity index (χ1n) is 11.9. The molecule has 172 valence electrons. The number of rotatable bonds is 3. The second-order valence-corrected chi connectivity index (χ2v) is 9.14. The van der Waals surface area contributed by atoms with Crippen LogP contribution in [-0.2, 0) is 0 Å². The monoisotopic (exact) mass is 460 g/mol. The van der Waals surface area contributed by atoms with Gasteiger partial charge in [-0.15, -0.1) is 0 Å². The third-order valence-electron chi connectivity index (χ3n) is 6.78. The van der Waals surface area contributed by atoms with E-state index in [1.807, 2.05) is 30.3 Å². The number of H-pyrrole nitrogens is 2. The Labute approximate surface area is 201 Å². The summed E-state index contributed by atoms with van der Waals surface area (Å²) in [6, 6.07) is 20.5. The van der Waals surface area contributed by atoms with E-state index in [0.29, 0.717) is 5.82 Å². The fraction of sp³-hybridized carbons (Fsp3) is 0.185. The Hall–Kier alpha value is -4.30. The van der Waals surface area contributed by atoms with E-state index >= 15 is 0 Å². The van der Waals surface area contributed by atoms with Gasteiger partial charge in [-0.05, 0) is 55.6 Å². The van der Waals surface area contributed by atoms with Crippen LogP contribution in [-0.4, -0.2) is 68.0 Å². The number of likely N-dealkylation sites (N-methyl/N-ethyl adjacent to an activating group) is 1. The van der Waals surface area contributed by atoms with Gasteiger partial charge in [-0.1, -0.05) is 12.1 Å². The van der Waals surface area contributed by atoms with Crippen molar-refractivity contribution < 1.29 is 0 Å². The lowest BCUT2D eigenvalue weighted by Gasteiger charge is -2.34. The molecule has 4 heterocycles. The summed E-state index contributed by atoms with van der Waals surface area (Å²) in [6.07, 6.45) is 1.76. The first-order chi connectivity index (χ1) is 17.2. The minimum absolute atomic E-state index is 0.705. The fourth-order valence-corrected chi connectivity index (χ4v) is 4.75. The van der Waals surface area contributed by atoms with Crippen LogP contribution in [0.1, 0.15) is 0 Å². The van der Waals surface area contributed by atoms with Gasteiger partial charge in [0.2, 0.25) is 0 Å². The number of nitrogens with one attached hydrogen (secondary N) is 2. The molecule has 0 bridgehead atoms. The van der Waals surface area contributed by atoms with Crippen molar-refractivity contribution >= 4 is 38.8 Å². The third kappa shape index (κ3) is 3.59. The van der Waals surface area contributed by atoms with Gasteiger partial charge in [-0.3, -0.25) is 4.98 Å². The lowest BCUT2D eigenvalue weighted by Crippen LogP contribution is -2.44. The van der Waals surface area contributed by atoms with E-state index in [0.717, 1.165) is 76.4 Å². The van der Waals surface area contributed by atoms with Crippen LogP contribution >= 0.6 is 0 Å². The molecule has 0 aliphatic carbocycles. The smallest absolute Gasteiger partial charge is 0.158 e. The number of hydrogen-bond acceptors (Lipinski definition) is 6. The second-order valence-electron chi connectivity index (χ2n) is 9.14. The van der Waals surface area contributed by atoms with Gasteiger partial charge in [0.15, 0.2) is 5.82 Å². The molecule has 1 aliphatic rings. The predicted molar refractivity (Wildman–Crippen MR) is 139 cm³/mol. The number of benzene rings is 3. The van der Waals surface area contributed by atoms with E-state index in [4.69, 9.17) is 15.0 Å². The molecular formula is C27H24N8. The maximum absolute atomic E-state index is 4.85. The first-order valence-corrected chi connectivity index (χ1v) is 11.9. The number of hydrogen-bond donors (Lipinski definition) is 2. The van der Waals surface area contributed by atoms with E-state index in [2.05, 4.69) is 62.1 Å². The maximum Gasteiger partial charge on any atom is 0.158 e. The van der Waals surface area contributed by atoms with Crippen molar-refractivity contribution in [2.24, 2.45) is 0 Å². The molecule has 35 heavy (non-hydrogen) atoms. The number of anilines is 1. The van der Waals surface area contributed by atoms with E-state index in [9.17, 15) is 0 Å². The zero-order valence-electron chi connectivity index (χ0n) is 19.4. The van der Waals surface area contributed by atoms with Crippen LogP contribution in [0.25, 0.3) is 56.0 Å². The number of nitrogens with zero attached hydrogens (tertiary/aromatic N) is 6. The largest absolute Gasteiger partial charge is 0.369 e. The van der Waals surface area contributed by atoms with Crippen molar-refractivity contribution in [2.45, 2.75) is 0 Å². The van der Waals surface area contributed by atoms with Crippen LogP contribution in [0.4, 0.5) is 5.69 Å². The number of imidazole rings is 2. The minimum Gasteiger partial charge on any atom is -0.369 e. The molecule has 1 fully saturated rings. The van der Waals surface area contributed by atoms with Gasteiger partial charge in [-0.2, -0.15) is 0 Å². The van der Waals surface area contributed by atoms with Crippen molar-refractivity contribution in [3.63, 3.8) is 0 Å². The zero-order chi connectivity index (χ0) is 23.4. The highest BCUT2D eigenvalue weighted by atomic mass is 15.2. The molecule has 0 spiro atoms. The van der Waals surface area contributed by atoms with Crippen LogP contribution in [0.15, 0.2) is 66.9 Å². The molecule has 0 amide bonds. The summed E-state index contributed by atoms with van der Waals surface area (Å²) in [6.45, 7) is 4.26. The molecule has 8 heteroatoms. The van der Waals surface area contributed by atoms with Crippen molar-refractivity contribution in [3.05, 3.63) is 66.9 Å². The molecule has 0 saturated carbocycles. The normalized spacial score (nSPS) is 14.9. The first kappa shape index (κ1) is 20.1. The van der Waals surface area contributed by atoms with Gasteiger partial charge in [-0.25, -0.2) is 15.0 Å². The Morgan fingerprint density at radius 3 is 2.26 bits per heavy atom. The summed E-state index contributed by atoms with van der Waals surface area (Å²) >= 11 is 0. The molecule has 0 atom stereocenters. The molecule has 2 N–H and O–H groups in total. The SMILES string of the molecule is CN1CCN(c2ccc3nc(-c4ccc5nc(-c6cnc7ccccc7n6)[nH]c5c4)[nH]c3c2)CC1. The average molecular weight is 461 g/mol. The van der Waals surface area contributed by atoms with Gasteiger partial charge in [0, 0.05) is 37.4 Å². The van der Waals surface area contributed by atoms with Crippen molar-refractivity contribution in [1.29, 1.82) is 0 Å². The van der Waals surface area contributed by atoms with Gasteiger partial charge >= 0.3 is 0 Å². The molecule has 8 nitrogen and oxygen atoms in total. The topological polar surface area (TPSA) is 89.6 Å². The molecule has 0 unspecified atom stereocenters. The van der Waals surface area contributed by atoms with Gasteiger partial charge < -0.3 is 19.8 Å². The summed E-state index contributed by atoms with van der Waals surface area (Å²) in [5.41, 5.74) is 8.53. The lowest BCUT2D eigenvalue weighted by atomic mass is 10.2. The van der Waals surface area contributed by atoms with Gasteiger partial charge in [0.1, 0.15) is 11.5 Å². The number of aromatic amines is 2. The molecular weight excluding hydrogens is 436 g/mol. The molecule has 3 aromatic carbocycles. The Kier molecular flexibility index (Phi) is 4.53. The summed E-state index contributed by atoms with van der Waals surface area (Å²) < 4.78 is 0.